The summed E-state index contributed by atoms with van der Waals surface area (Å²) in [4.78, 5) is 22.2. The summed E-state index contributed by atoms with van der Waals surface area (Å²) in [5.41, 5.74) is 1.99. The number of carboxylic acid groups (broad SMARTS) is 1. The number of nitriles is 2. The second-order valence-corrected chi connectivity index (χ2v) is 7.98. The zero-order valence-electron chi connectivity index (χ0n) is 18.5. The van der Waals surface area contributed by atoms with E-state index in [1.807, 2.05) is 26.8 Å². The van der Waals surface area contributed by atoms with E-state index in [-0.39, 0.29) is 6.09 Å². The summed E-state index contributed by atoms with van der Waals surface area (Å²) < 4.78 is 36.8. The van der Waals surface area contributed by atoms with Crippen LogP contribution < -0.4 is 10.4 Å². The van der Waals surface area contributed by atoms with Gasteiger partial charge in [-0.15, -0.1) is 0 Å². The molecule has 0 aromatic rings. The van der Waals surface area contributed by atoms with Crippen LogP contribution in [-0.4, -0.2) is 54.9 Å². The molecule has 0 saturated carbocycles. The van der Waals surface area contributed by atoms with E-state index in [4.69, 9.17) is 25.2 Å². The van der Waals surface area contributed by atoms with Gasteiger partial charge in [0.25, 0.3) is 0 Å². The minimum absolute atomic E-state index is 0.261. The maximum Gasteiger partial charge on any atom is 0.430 e. The van der Waals surface area contributed by atoms with E-state index in [9.17, 15) is 18.0 Å². The lowest BCUT2D eigenvalue weighted by atomic mass is 10.0. The average molecular weight is 458 g/mol. The third kappa shape index (κ3) is 14.0. The second-order valence-electron chi connectivity index (χ2n) is 7.98. The molecule has 178 valence electrons. The van der Waals surface area contributed by atoms with E-state index in [0.29, 0.717) is 13.1 Å². The molecule has 0 radical (unpaired) electrons. The number of halogens is 3. The van der Waals surface area contributed by atoms with Gasteiger partial charge in [0.05, 0.1) is 25.2 Å². The summed E-state index contributed by atoms with van der Waals surface area (Å²) in [7, 11) is 0. The van der Waals surface area contributed by atoms with Crippen molar-refractivity contribution in [2.75, 3.05) is 26.2 Å². The van der Waals surface area contributed by atoms with Crippen molar-refractivity contribution in [2.24, 2.45) is 0 Å². The van der Waals surface area contributed by atoms with Crippen LogP contribution >= 0.6 is 0 Å². The molecule has 0 unspecified atom stereocenters. The smallest absolute Gasteiger partial charge is 0.430 e. The molecule has 2 rings (SSSR count). The Morgan fingerprint density at radius 1 is 1.00 bits per heavy atom. The van der Waals surface area contributed by atoms with E-state index in [1.54, 1.807) is 17.1 Å². The number of hydrogen-bond donors (Lipinski definition) is 1. The molecule has 0 aromatic heterocycles. The topological polar surface area (TPSA) is 134 Å². The lowest BCUT2D eigenvalue weighted by Crippen LogP contribution is -2.85. The van der Waals surface area contributed by atoms with Crippen LogP contribution in [-0.2, 0) is 9.53 Å². The normalized spacial score (nSPS) is 16.1. The van der Waals surface area contributed by atoms with Crippen molar-refractivity contribution in [3.05, 3.63) is 23.3 Å². The van der Waals surface area contributed by atoms with Gasteiger partial charge in [0.2, 0.25) is 0 Å². The number of carboxylic acids is 1. The van der Waals surface area contributed by atoms with E-state index < -0.39 is 17.7 Å². The molecule has 2 heterocycles. The number of quaternary nitrogens is 1. The third-order valence-corrected chi connectivity index (χ3v) is 4.17. The Morgan fingerprint density at radius 3 is 1.75 bits per heavy atom. The number of carbonyl (C=O) groups is 2. The molecule has 2 aliphatic heterocycles. The summed E-state index contributed by atoms with van der Waals surface area (Å²) in [6.45, 7) is 9.17. The minimum Gasteiger partial charge on any atom is -0.542 e. The second kappa shape index (κ2) is 14.1. The van der Waals surface area contributed by atoms with Crippen molar-refractivity contribution >= 4 is 12.1 Å². The van der Waals surface area contributed by atoms with Gasteiger partial charge in [-0.1, -0.05) is 5.57 Å². The van der Waals surface area contributed by atoms with Gasteiger partial charge >= 0.3 is 12.3 Å². The molecular weight excluding hydrogens is 429 g/mol. The van der Waals surface area contributed by atoms with Gasteiger partial charge < -0.3 is 24.9 Å². The average Bonchev–Trinajstić information content (AvgIpc) is 2.69. The molecule has 2 N–H and O–H groups in total. The number of rotatable bonds is 0. The first-order valence-corrected chi connectivity index (χ1v) is 10.0. The van der Waals surface area contributed by atoms with Gasteiger partial charge in [-0.25, -0.2) is 4.79 Å². The highest BCUT2D eigenvalue weighted by atomic mass is 19.4. The fourth-order valence-corrected chi connectivity index (χ4v) is 2.62. The highest BCUT2D eigenvalue weighted by molar-refractivity contribution is 5.70. The number of carbonyl (C=O) groups excluding carboxylic acids is 2. The molecule has 0 aliphatic carbocycles. The Labute approximate surface area is 185 Å². The molecule has 0 bridgehead atoms. The van der Waals surface area contributed by atoms with Gasteiger partial charge in [0, 0.05) is 38.1 Å². The van der Waals surface area contributed by atoms with Gasteiger partial charge in [0.15, 0.2) is 0 Å². The van der Waals surface area contributed by atoms with Gasteiger partial charge in [0.1, 0.15) is 11.6 Å². The summed E-state index contributed by atoms with van der Waals surface area (Å²) >= 11 is 0. The quantitative estimate of drug-likeness (QED) is 0.548. The lowest BCUT2D eigenvalue weighted by molar-refractivity contribution is -0.658. The molecular formula is C21H29F3N4O4. The largest absolute Gasteiger partial charge is 0.542 e. The highest BCUT2D eigenvalue weighted by Crippen LogP contribution is 2.18. The molecule has 1 amide bonds. The fourth-order valence-electron chi connectivity index (χ4n) is 2.62. The van der Waals surface area contributed by atoms with Gasteiger partial charge in [-0.05, 0) is 39.2 Å². The maximum atomic E-state index is 11.7. The fraction of sp³-hybridized carbons (Fsp3) is 0.619. The lowest BCUT2D eigenvalue weighted by Gasteiger charge is -2.30. The number of aliphatic carboxylic acids is 1. The molecule has 0 spiro atoms. The Hall–Kier alpha value is -3.05. The van der Waals surface area contributed by atoms with Crippen LogP contribution in [0.15, 0.2) is 23.3 Å². The van der Waals surface area contributed by atoms with E-state index in [1.165, 1.54) is 5.57 Å². The zero-order chi connectivity index (χ0) is 24.8. The van der Waals surface area contributed by atoms with Gasteiger partial charge in [-0.2, -0.15) is 23.7 Å². The van der Waals surface area contributed by atoms with Gasteiger partial charge in [-0.3, -0.25) is 0 Å². The monoisotopic (exact) mass is 458 g/mol. The van der Waals surface area contributed by atoms with Crippen molar-refractivity contribution in [1.29, 1.82) is 10.5 Å². The summed E-state index contributed by atoms with van der Waals surface area (Å²) in [6, 6.07) is 4.08. The first kappa shape index (κ1) is 28.9. The molecule has 0 aromatic carbocycles. The van der Waals surface area contributed by atoms with Crippen LogP contribution in [0.3, 0.4) is 0 Å². The molecule has 2 saturated heterocycles. The number of hydrogen-bond acceptors (Lipinski definition) is 6. The zero-order valence-corrected chi connectivity index (χ0v) is 18.5. The summed E-state index contributed by atoms with van der Waals surface area (Å²) in [6.07, 6.45) is 1.56. The maximum absolute atomic E-state index is 11.7. The number of amides is 1. The number of alkyl halides is 3. The third-order valence-electron chi connectivity index (χ3n) is 4.17. The van der Waals surface area contributed by atoms with Crippen molar-refractivity contribution in [1.82, 2.24) is 4.90 Å². The van der Waals surface area contributed by atoms with Crippen molar-refractivity contribution in [2.45, 2.75) is 58.2 Å². The predicted molar refractivity (Wildman–Crippen MR) is 106 cm³/mol. The van der Waals surface area contributed by atoms with Crippen molar-refractivity contribution in [3.8, 4) is 12.1 Å². The van der Waals surface area contributed by atoms with E-state index in [2.05, 4.69) is 11.4 Å². The molecule has 32 heavy (non-hydrogen) atoms. The van der Waals surface area contributed by atoms with Crippen LogP contribution in [0.5, 0.6) is 0 Å². The number of ether oxygens (including phenoxy) is 1. The first-order chi connectivity index (χ1) is 14.8. The van der Waals surface area contributed by atoms with Crippen LogP contribution in [0.25, 0.3) is 0 Å². The standard InChI is InChI=1S/C12H18N2O2.C7H10N2.C2HF3O2/c1-12(2,3)16-11(15)14-8-5-10(4-7-13)6-9-14;8-4-1-7-2-5-9-6-3-7;3-2(4,5)1(6)7/h4H,5-6,8-9H2,1-3H3;1,9H,2-3,5-6H2;(H,6,7). The summed E-state index contributed by atoms with van der Waals surface area (Å²) in [5.74, 6) is -3.01. The van der Waals surface area contributed by atoms with Crippen molar-refractivity contribution < 1.29 is 37.9 Å². The first-order valence-electron chi connectivity index (χ1n) is 10.0. The number of allylic oxidation sites excluding steroid dienone is 2. The van der Waals surface area contributed by atoms with Crippen LogP contribution in [0.2, 0.25) is 0 Å². The predicted octanol–water partition coefficient (Wildman–Crippen LogP) is 1.56. The van der Waals surface area contributed by atoms with E-state index >= 15 is 0 Å². The molecule has 2 fully saturated rings. The molecule has 2 aliphatic rings. The Balaban J connectivity index is 0.000000506. The number of likely N-dealkylation sites (tertiary alicyclic amines) is 1. The highest BCUT2D eigenvalue weighted by Gasteiger charge is 2.28. The molecule has 11 heteroatoms. The minimum atomic E-state index is -5.19. The van der Waals surface area contributed by atoms with Crippen LogP contribution in [0, 0.1) is 22.7 Å². The van der Waals surface area contributed by atoms with Crippen LogP contribution in [0.1, 0.15) is 46.5 Å². The Bertz CT molecular complexity index is 754. The number of nitrogens with zero attached hydrogens (tertiary/aromatic N) is 3. The SMILES string of the molecule is CC(C)(C)OC(=O)N1CCC(=CC#N)CC1.N#CC=C1CC[NH2+]CC1.O=C([O-])C(F)(F)F. The summed E-state index contributed by atoms with van der Waals surface area (Å²) in [5, 5.41) is 27.9. The van der Waals surface area contributed by atoms with E-state index in [0.717, 1.165) is 44.3 Å². The Kier molecular flexibility index (Phi) is 12.8. The van der Waals surface area contributed by atoms with Crippen molar-refractivity contribution in [3.63, 3.8) is 0 Å². The molecule has 8 nitrogen and oxygen atoms in total. The number of piperidine rings is 2. The Morgan fingerprint density at radius 2 is 1.41 bits per heavy atom. The van der Waals surface area contributed by atoms with Crippen LogP contribution in [0.4, 0.5) is 18.0 Å². The number of nitrogens with two attached hydrogens (primary N) is 1. The molecule has 0 atom stereocenters.